The van der Waals surface area contributed by atoms with Crippen LogP contribution in [0.2, 0.25) is 0 Å². The Kier molecular flexibility index (Phi) is 4.86. The van der Waals surface area contributed by atoms with Gasteiger partial charge in [-0.15, -0.1) is 0 Å². The number of para-hydroxylation sites is 2. The van der Waals surface area contributed by atoms with E-state index in [0.717, 1.165) is 11.4 Å². The number of piperazine rings is 1. The van der Waals surface area contributed by atoms with Crippen LogP contribution in [0.1, 0.15) is 5.69 Å². The van der Waals surface area contributed by atoms with Crippen LogP contribution in [0.4, 0.5) is 5.69 Å². The SMILES string of the molecule is COc1ccccc1N1CCN(S(=O)(=O)c2ccc(-c3cc(C)no3)o2)CC1. The topological polar surface area (TPSA) is 89.0 Å². The number of nitrogens with zero attached hydrogens (tertiary/aromatic N) is 3. The molecule has 1 aliphatic heterocycles. The fourth-order valence-electron chi connectivity index (χ4n) is 3.26. The summed E-state index contributed by atoms with van der Waals surface area (Å²) in [7, 11) is -2.09. The minimum Gasteiger partial charge on any atom is -0.495 e. The number of aromatic nitrogens is 1. The van der Waals surface area contributed by atoms with Crippen LogP contribution < -0.4 is 9.64 Å². The largest absolute Gasteiger partial charge is 0.495 e. The average Bonchev–Trinajstić information content (AvgIpc) is 3.37. The van der Waals surface area contributed by atoms with Gasteiger partial charge in [0.1, 0.15) is 5.75 Å². The van der Waals surface area contributed by atoms with E-state index in [1.807, 2.05) is 24.3 Å². The normalized spacial score (nSPS) is 15.7. The minimum atomic E-state index is -3.72. The van der Waals surface area contributed by atoms with Crippen LogP contribution in [-0.4, -0.2) is 51.2 Å². The van der Waals surface area contributed by atoms with Crippen molar-refractivity contribution in [3.8, 4) is 17.3 Å². The van der Waals surface area contributed by atoms with Crippen LogP contribution in [-0.2, 0) is 10.0 Å². The van der Waals surface area contributed by atoms with Crippen LogP contribution in [0.3, 0.4) is 0 Å². The van der Waals surface area contributed by atoms with E-state index in [0.29, 0.717) is 43.4 Å². The fraction of sp³-hybridized carbons (Fsp3) is 0.316. The number of aryl methyl sites for hydroxylation is 1. The van der Waals surface area contributed by atoms with E-state index >= 15 is 0 Å². The van der Waals surface area contributed by atoms with E-state index < -0.39 is 10.0 Å². The molecule has 3 aromatic rings. The number of anilines is 1. The van der Waals surface area contributed by atoms with Crippen molar-refractivity contribution in [3.63, 3.8) is 0 Å². The molecule has 0 bridgehead atoms. The Balaban J connectivity index is 1.49. The van der Waals surface area contributed by atoms with Gasteiger partial charge in [0, 0.05) is 32.2 Å². The molecule has 0 atom stereocenters. The quantitative estimate of drug-likeness (QED) is 0.647. The lowest BCUT2D eigenvalue weighted by atomic mass is 10.2. The Morgan fingerprint density at radius 3 is 2.46 bits per heavy atom. The second-order valence-corrected chi connectivity index (χ2v) is 8.38. The number of sulfonamides is 1. The van der Waals surface area contributed by atoms with Gasteiger partial charge in [-0.05, 0) is 31.2 Å². The molecule has 1 saturated heterocycles. The number of benzene rings is 1. The highest BCUT2D eigenvalue weighted by Crippen LogP contribution is 2.30. The van der Waals surface area contributed by atoms with Gasteiger partial charge in [0.15, 0.2) is 5.76 Å². The molecule has 0 unspecified atom stereocenters. The number of hydrogen-bond donors (Lipinski definition) is 0. The maximum atomic E-state index is 12.9. The summed E-state index contributed by atoms with van der Waals surface area (Å²) in [5, 5.41) is 3.70. The van der Waals surface area contributed by atoms with Crippen molar-refractivity contribution in [3.05, 3.63) is 48.2 Å². The fourth-order valence-corrected chi connectivity index (χ4v) is 4.59. The van der Waals surface area contributed by atoms with E-state index in [2.05, 4.69) is 10.1 Å². The van der Waals surface area contributed by atoms with Crippen LogP contribution >= 0.6 is 0 Å². The zero-order valence-corrected chi connectivity index (χ0v) is 16.5. The van der Waals surface area contributed by atoms with Gasteiger partial charge < -0.3 is 18.6 Å². The molecule has 28 heavy (non-hydrogen) atoms. The monoisotopic (exact) mass is 403 g/mol. The molecule has 148 valence electrons. The Bertz CT molecular complexity index is 1060. The lowest BCUT2D eigenvalue weighted by Crippen LogP contribution is -2.48. The first kappa shape index (κ1) is 18.6. The maximum Gasteiger partial charge on any atom is 0.276 e. The summed E-state index contributed by atoms with van der Waals surface area (Å²) >= 11 is 0. The smallest absolute Gasteiger partial charge is 0.276 e. The van der Waals surface area contributed by atoms with Crippen molar-refractivity contribution in [1.29, 1.82) is 0 Å². The first-order valence-corrected chi connectivity index (χ1v) is 10.3. The average molecular weight is 403 g/mol. The van der Waals surface area contributed by atoms with E-state index in [1.165, 1.54) is 10.4 Å². The highest BCUT2D eigenvalue weighted by molar-refractivity contribution is 7.89. The van der Waals surface area contributed by atoms with Crippen molar-refractivity contribution in [2.24, 2.45) is 0 Å². The van der Waals surface area contributed by atoms with E-state index in [9.17, 15) is 8.42 Å². The second kappa shape index (κ2) is 7.33. The van der Waals surface area contributed by atoms with Crippen molar-refractivity contribution in [2.75, 3.05) is 38.2 Å². The maximum absolute atomic E-state index is 12.9. The predicted octanol–water partition coefficient (Wildman–Crippen LogP) is 2.76. The van der Waals surface area contributed by atoms with Crippen molar-refractivity contribution < 1.29 is 22.1 Å². The summed E-state index contributed by atoms with van der Waals surface area (Å²) in [6, 6.07) is 12.5. The molecule has 1 aliphatic rings. The molecule has 0 amide bonds. The van der Waals surface area contributed by atoms with Crippen LogP contribution in [0.5, 0.6) is 5.75 Å². The molecular formula is C19H21N3O5S. The zero-order valence-electron chi connectivity index (χ0n) is 15.7. The number of furan rings is 1. The van der Waals surface area contributed by atoms with Crippen LogP contribution in [0.25, 0.3) is 11.5 Å². The Hall–Kier alpha value is -2.78. The van der Waals surface area contributed by atoms with Crippen molar-refractivity contribution in [1.82, 2.24) is 9.46 Å². The van der Waals surface area contributed by atoms with Gasteiger partial charge >= 0.3 is 0 Å². The molecule has 0 spiro atoms. The Labute approximate surface area is 163 Å². The van der Waals surface area contributed by atoms with Crippen LogP contribution in [0.15, 0.2) is 56.5 Å². The first-order chi connectivity index (χ1) is 13.5. The highest BCUT2D eigenvalue weighted by Gasteiger charge is 2.32. The number of rotatable bonds is 5. The van der Waals surface area contributed by atoms with E-state index in [1.54, 1.807) is 26.2 Å². The molecule has 1 aromatic carbocycles. The van der Waals surface area contributed by atoms with Gasteiger partial charge in [-0.1, -0.05) is 17.3 Å². The molecule has 0 saturated carbocycles. The number of methoxy groups -OCH3 is 1. The predicted molar refractivity (Wildman–Crippen MR) is 103 cm³/mol. The zero-order chi connectivity index (χ0) is 19.7. The summed E-state index contributed by atoms with van der Waals surface area (Å²) < 4.78 is 43.4. The lowest BCUT2D eigenvalue weighted by Gasteiger charge is -2.35. The summed E-state index contributed by atoms with van der Waals surface area (Å²) in [6.45, 7) is 3.63. The Morgan fingerprint density at radius 2 is 1.79 bits per heavy atom. The van der Waals surface area contributed by atoms with Gasteiger partial charge in [-0.25, -0.2) is 8.42 Å². The molecule has 9 heteroatoms. The van der Waals surface area contributed by atoms with Crippen molar-refractivity contribution in [2.45, 2.75) is 12.0 Å². The van der Waals surface area contributed by atoms with Gasteiger partial charge in [0.25, 0.3) is 10.0 Å². The molecule has 4 rings (SSSR count). The Morgan fingerprint density at radius 1 is 1.04 bits per heavy atom. The van der Waals surface area contributed by atoms with E-state index in [4.69, 9.17) is 13.7 Å². The third kappa shape index (κ3) is 3.38. The summed E-state index contributed by atoms with van der Waals surface area (Å²) in [5.74, 6) is 1.52. The van der Waals surface area contributed by atoms with Crippen LogP contribution in [0, 0.1) is 6.92 Å². The highest BCUT2D eigenvalue weighted by atomic mass is 32.2. The molecule has 8 nitrogen and oxygen atoms in total. The summed E-state index contributed by atoms with van der Waals surface area (Å²) in [5.41, 5.74) is 1.66. The summed E-state index contributed by atoms with van der Waals surface area (Å²) in [4.78, 5) is 2.12. The molecule has 0 N–H and O–H groups in total. The minimum absolute atomic E-state index is 0.0951. The molecule has 2 aromatic heterocycles. The van der Waals surface area contributed by atoms with Gasteiger partial charge in [0.05, 0.1) is 18.5 Å². The first-order valence-electron chi connectivity index (χ1n) is 8.90. The third-order valence-corrected chi connectivity index (χ3v) is 6.48. The molecule has 1 fully saturated rings. The van der Waals surface area contributed by atoms with Crippen molar-refractivity contribution >= 4 is 15.7 Å². The number of hydrogen-bond acceptors (Lipinski definition) is 7. The second-order valence-electron chi connectivity index (χ2n) is 6.51. The van der Waals surface area contributed by atoms with E-state index in [-0.39, 0.29) is 5.09 Å². The molecule has 3 heterocycles. The molecular weight excluding hydrogens is 382 g/mol. The lowest BCUT2D eigenvalue weighted by molar-refractivity contribution is 0.356. The molecule has 0 radical (unpaired) electrons. The summed E-state index contributed by atoms with van der Waals surface area (Å²) in [6.07, 6.45) is 0. The number of ether oxygens (including phenoxy) is 1. The van der Waals surface area contributed by atoms with Gasteiger partial charge in [0.2, 0.25) is 10.9 Å². The third-order valence-electron chi connectivity index (χ3n) is 4.71. The molecule has 0 aliphatic carbocycles. The standard InChI is InChI=1S/C19H21N3O5S/c1-14-13-18(27-20-14)17-7-8-19(26-17)28(23,24)22-11-9-21(10-12-22)15-5-3-4-6-16(15)25-2/h3-8,13H,9-12H2,1-2H3. The van der Waals surface area contributed by atoms with Gasteiger partial charge in [-0.2, -0.15) is 4.31 Å². The van der Waals surface area contributed by atoms with Gasteiger partial charge in [-0.3, -0.25) is 0 Å².